The maximum Gasteiger partial charge on any atom is 0.191 e. The van der Waals surface area contributed by atoms with Gasteiger partial charge in [-0.25, -0.2) is 0 Å². The first-order chi connectivity index (χ1) is 12.8. The summed E-state index contributed by atoms with van der Waals surface area (Å²) in [4.78, 5) is 4.27. The van der Waals surface area contributed by atoms with Gasteiger partial charge in [0.05, 0.1) is 0 Å². The Morgan fingerprint density at radius 1 is 0.962 bits per heavy atom. The zero-order chi connectivity index (χ0) is 18.5. The largest absolute Gasteiger partial charge is 0.489 e. The second-order valence-electron chi connectivity index (χ2n) is 5.77. The van der Waals surface area contributed by atoms with Crippen molar-refractivity contribution in [2.45, 2.75) is 26.5 Å². The highest BCUT2D eigenvalue weighted by atomic mass is 16.5. The highest BCUT2D eigenvalue weighted by Crippen LogP contribution is 2.14. The molecule has 5 heteroatoms. The summed E-state index contributed by atoms with van der Waals surface area (Å²) >= 11 is 0. The lowest BCUT2D eigenvalue weighted by atomic mass is 10.1. The summed E-state index contributed by atoms with van der Waals surface area (Å²) in [7, 11) is 1.78. The molecule has 0 aliphatic carbocycles. The average Bonchev–Trinajstić information content (AvgIpc) is 2.70. The number of ether oxygens (including phenoxy) is 2. The molecule has 2 N–H and O–H groups in total. The maximum atomic E-state index is 5.88. The summed E-state index contributed by atoms with van der Waals surface area (Å²) in [6, 6.07) is 18.2. The van der Waals surface area contributed by atoms with Crippen LogP contribution in [0.4, 0.5) is 0 Å². The highest BCUT2D eigenvalue weighted by molar-refractivity contribution is 5.79. The molecule has 2 aromatic carbocycles. The minimum Gasteiger partial charge on any atom is -0.489 e. The molecule has 0 amide bonds. The molecule has 140 valence electrons. The molecule has 0 unspecified atom stereocenters. The zero-order valence-corrected chi connectivity index (χ0v) is 15.7. The van der Waals surface area contributed by atoms with E-state index in [0.717, 1.165) is 43.5 Å². The fourth-order valence-corrected chi connectivity index (χ4v) is 2.47. The molecule has 0 atom stereocenters. The van der Waals surface area contributed by atoms with Crippen molar-refractivity contribution in [3.8, 4) is 5.75 Å². The van der Waals surface area contributed by atoms with Crippen LogP contribution in [0.15, 0.2) is 59.6 Å². The van der Waals surface area contributed by atoms with Gasteiger partial charge in [0.2, 0.25) is 0 Å². The number of nitrogens with zero attached hydrogens (tertiary/aromatic N) is 1. The SMILES string of the molecule is CCOCCCNC(=NC)NCc1ccccc1COc1ccccc1. The minimum absolute atomic E-state index is 0.544. The van der Waals surface area contributed by atoms with E-state index in [-0.39, 0.29) is 0 Å². The Morgan fingerprint density at radius 2 is 1.69 bits per heavy atom. The molecule has 26 heavy (non-hydrogen) atoms. The highest BCUT2D eigenvalue weighted by Gasteiger charge is 2.04. The van der Waals surface area contributed by atoms with Crippen LogP contribution in [0.2, 0.25) is 0 Å². The molecule has 2 aromatic rings. The molecule has 5 nitrogen and oxygen atoms in total. The number of nitrogens with one attached hydrogen (secondary N) is 2. The Labute approximate surface area is 156 Å². The quantitative estimate of drug-likeness (QED) is 0.390. The summed E-state index contributed by atoms with van der Waals surface area (Å²) in [5, 5.41) is 6.66. The topological polar surface area (TPSA) is 54.9 Å². The second kappa shape index (κ2) is 11.9. The van der Waals surface area contributed by atoms with Gasteiger partial charge in [-0.1, -0.05) is 42.5 Å². The zero-order valence-electron chi connectivity index (χ0n) is 15.7. The predicted octanol–water partition coefficient (Wildman–Crippen LogP) is 3.36. The van der Waals surface area contributed by atoms with E-state index >= 15 is 0 Å². The minimum atomic E-state index is 0.544. The third-order valence-electron chi connectivity index (χ3n) is 3.89. The van der Waals surface area contributed by atoms with Gasteiger partial charge in [-0.15, -0.1) is 0 Å². The van der Waals surface area contributed by atoms with Crippen molar-refractivity contribution in [3.63, 3.8) is 0 Å². The second-order valence-corrected chi connectivity index (χ2v) is 5.77. The lowest BCUT2D eigenvalue weighted by Crippen LogP contribution is -2.37. The fraction of sp³-hybridized carbons (Fsp3) is 0.381. The summed E-state index contributed by atoms with van der Waals surface area (Å²) in [6.45, 7) is 5.60. The van der Waals surface area contributed by atoms with Crippen molar-refractivity contribution >= 4 is 5.96 Å². The molecule has 0 radical (unpaired) electrons. The summed E-state index contributed by atoms with van der Waals surface area (Å²) in [5.41, 5.74) is 2.36. The number of guanidine groups is 1. The van der Waals surface area contributed by atoms with Crippen LogP contribution in [0.3, 0.4) is 0 Å². The molecule has 0 fully saturated rings. The first kappa shape index (κ1) is 19.8. The van der Waals surface area contributed by atoms with Gasteiger partial charge in [-0.3, -0.25) is 4.99 Å². The predicted molar refractivity (Wildman–Crippen MR) is 107 cm³/mol. The molecule has 0 aromatic heterocycles. The Morgan fingerprint density at radius 3 is 2.42 bits per heavy atom. The number of hydrogen-bond donors (Lipinski definition) is 2. The third-order valence-corrected chi connectivity index (χ3v) is 3.89. The van der Waals surface area contributed by atoms with Crippen molar-refractivity contribution in [1.29, 1.82) is 0 Å². The van der Waals surface area contributed by atoms with Crippen LogP contribution in [-0.4, -0.2) is 32.8 Å². The van der Waals surface area contributed by atoms with E-state index < -0.39 is 0 Å². The molecule has 0 saturated carbocycles. The van der Waals surface area contributed by atoms with Gasteiger partial charge in [-0.05, 0) is 36.6 Å². The molecule has 0 spiro atoms. The fourth-order valence-electron chi connectivity index (χ4n) is 2.47. The van der Waals surface area contributed by atoms with Crippen molar-refractivity contribution in [2.24, 2.45) is 4.99 Å². The van der Waals surface area contributed by atoms with E-state index in [1.165, 1.54) is 5.56 Å². The Kier molecular flexibility index (Phi) is 9.08. The third kappa shape index (κ3) is 7.15. The van der Waals surface area contributed by atoms with E-state index in [2.05, 4.69) is 27.8 Å². The molecule has 2 rings (SSSR count). The van der Waals surface area contributed by atoms with Gasteiger partial charge in [0.25, 0.3) is 0 Å². The maximum absolute atomic E-state index is 5.88. The number of benzene rings is 2. The number of hydrogen-bond acceptors (Lipinski definition) is 3. The van der Waals surface area contributed by atoms with Crippen LogP contribution in [-0.2, 0) is 17.9 Å². The van der Waals surface area contributed by atoms with Crippen LogP contribution in [0, 0.1) is 0 Å². The Hall–Kier alpha value is -2.53. The van der Waals surface area contributed by atoms with Crippen molar-refractivity contribution in [3.05, 3.63) is 65.7 Å². The van der Waals surface area contributed by atoms with Crippen LogP contribution in [0.1, 0.15) is 24.5 Å². The number of para-hydroxylation sites is 1. The molecule has 0 heterocycles. The van der Waals surface area contributed by atoms with Crippen molar-refractivity contribution < 1.29 is 9.47 Å². The van der Waals surface area contributed by atoms with Gasteiger partial charge in [0, 0.05) is 33.4 Å². The monoisotopic (exact) mass is 355 g/mol. The number of aliphatic imine (C=N–C) groups is 1. The lowest BCUT2D eigenvalue weighted by molar-refractivity contribution is 0.145. The van der Waals surface area contributed by atoms with Crippen LogP contribution in [0.5, 0.6) is 5.75 Å². The van der Waals surface area contributed by atoms with Gasteiger partial charge in [-0.2, -0.15) is 0 Å². The van der Waals surface area contributed by atoms with Gasteiger partial charge in [0.15, 0.2) is 5.96 Å². The van der Waals surface area contributed by atoms with Crippen molar-refractivity contribution in [2.75, 3.05) is 26.8 Å². The van der Waals surface area contributed by atoms with E-state index in [9.17, 15) is 0 Å². The van der Waals surface area contributed by atoms with E-state index in [0.29, 0.717) is 13.2 Å². The molecular formula is C21H29N3O2. The van der Waals surface area contributed by atoms with Crippen molar-refractivity contribution in [1.82, 2.24) is 10.6 Å². The Balaban J connectivity index is 1.82. The molecule has 0 bridgehead atoms. The average molecular weight is 355 g/mol. The lowest BCUT2D eigenvalue weighted by Gasteiger charge is -2.15. The molecule has 0 aliphatic heterocycles. The first-order valence-electron chi connectivity index (χ1n) is 9.10. The standard InChI is InChI=1S/C21H29N3O2/c1-3-25-15-9-14-23-21(22-2)24-16-18-10-7-8-11-19(18)17-26-20-12-5-4-6-13-20/h4-8,10-13H,3,9,14-17H2,1-2H3,(H2,22,23,24). The summed E-state index contributed by atoms with van der Waals surface area (Å²) in [5.74, 6) is 1.67. The van der Waals surface area contributed by atoms with Gasteiger partial charge in [0.1, 0.15) is 12.4 Å². The smallest absolute Gasteiger partial charge is 0.191 e. The van der Waals surface area contributed by atoms with E-state index in [1.54, 1.807) is 7.05 Å². The molecule has 0 saturated heterocycles. The van der Waals surface area contributed by atoms with Gasteiger partial charge >= 0.3 is 0 Å². The Bertz CT molecular complexity index is 659. The van der Waals surface area contributed by atoms with Gasteiger partial charge < -0.3 is 20.1 Å². The summed E-state index contributed by atoms with van der Waals surface area (Å²) < 4.78 is 11.2. The normalized spacial score (nSPS) is 11.2. The number of rotatable bonds is 10. The first-order valence-corrected chi connectivity index (χ1v) is 9.10. The summed E-state index contributed by atoms with van der Waals surface area (Å²) in [6.07, 6.45) is 0.954. The molecular weight excluding hydrogens is 326 g/mol. The van der Waals surface area contributed by atoms with Crippen LogP contribution >= 0.6 is 0 Å². The molecule has 0 aliphatic rings. The van der Waals surface area contributed by atoms with E-state index in [1.807, 2.05) is 49.4 Å². The van der Waals surface area contributed by atoms with Crippen LogP contribution < -0.4 is 15.4 Å². The van der Waals surface area contributed by atoms with E-state index in [4.69, 9.17) is 9.47 Å². The van der Waals surface area contributed by atoms with Crippen LogP contribution in [0.25, 0.3) is 0 Å².